The number of hydrogen-bond donors (Lipinski definition) is 1. The molecule has 88 valence electrons. The van der Waals surface area contributed by atoms with Crippen molar-refractivity contribution in [2.45, 2.75) is 6.10 Å². The second kappa shape index (κ2) is 4.82. The molecule has 1 unspecified atom stereocenters. The van der Waals surface area contributed by atoms with Gasteiger partial charge in [-0.15, -0.1) is 0 Å². The van der Waals surface area contributed by atoms with Crippen LogP contribution in [0.2, 0.25) is 5.02 Å². The quantitative estimate of drug-likeness (QED) is 0.866. The standard InChI is InChI=1S/C13H9ClF2O/c14-10-7-8(5-6-12(10)16)13(17)9-3-1-2-4-11(9)15/h1-7,13,17H. The van der Waals surface area contributed by atoms with Crippen LogP contribution in [-0.4, -0.2) is 5.11 Å². The van der Waals surface area contributed by atoms with Gasteiger partial charge in [0.1, 0.15) is 17.7 Å². The summed E-state index contributed by atoms with van der Waals surface area (Å²) >= 11 is 5.61. The molecular formula is C13H9ClF2O. The summed E-state index contributed by atoms with van der Waals surface area (Å²) in [6.45, 7) is 0. The van der Waals surface area contributed by atoms with Gasteiger partial charge in [-0.2, -0.15) is 0 Å². The first-order valence-corrected chi connectivity index (χ1v) is 5.35. The second-order valence-electron chi connectivity index (χ2n) is 3.60. The van der Waals surface area contributed by atoms with Crippen molar-refractivity contribution < 1.29 is 13.9 Å². The summed E-state index contributed by atoms with van der Waals surface area (Å²) in [6, 6.07) is 9.67. The molecule has 17 heavy (non-hydrogen) atoms. The minimum absolute atomic E-state index is 0.0992. The summed E-state index contributed by atoms with van der Waals surface area (Å²) in [5, 5.41) is 9.87. The molecule has 0 aliphatic carbocycles. The Labute approximate surface area is 102 Å². The Morgan fingerprint density at radius 1 is 1.00 bits per heavy atom. The third kappa shape index (κ3) is 2.46. The monoisotopic (exact) mass is 254 g/mol. The van der Waals surface area contributed by atoms with Crippen LogP contribution in [0.5, 0.6) is 0 Å². The first-order valence-electron chi connectivity index (χ1n) is 4.97. The molecule has 0 saturated carbocycles. The highest BCUT2D eigenvalue weighted by Gasteiger charge is 2.15. The molecule has 0 aliphatic heterocycles. The zero-order valence-corrected chi connectivity index (χ0v) is 9.46. The van der Waals surface area contributed by atoms with E-state index < -0.39 is 17.7 Å². The predicted molar refractivity (Wildman–Crippen MR) is 61.9 cm³/mol. The van der Waals surface area contributed by atoms with Crippen LogP contribution in [0.3, 0.4) is 0 Å². The van der Waals surface area contributed by atoms with E-state index in [4.69, 9.17) is 11.6 Å². The molecule has 0 spiro atoms. The fourth-order valence-corrected chi connectivity index (χ4v) is 1.75. The van der Waals surface area contributed by atoms with E-state index in [1.54, 1.807) is 6.07 Å². The maximum absolute atomic E-state index is 13.4. The fraction of sp³-hybridized carbons (Fsp3) is 0.0769. The van der Waals surface area contributed by atoms with Crippen LogP contribution < -0.4 is 0 Å². The maximum atomic E-state index is 13.4. The van der Waals surface area contributed by atoms with Gasteiger partial charge in [0.25, 0.3) is 0 Å². The Balaban J connectivity index is 2.40. The topological polar surface area (TPSA) is 20.2 Å². The number of aliphatic hydroxyl groups is 1. The molecule has 0 saturated heterocycles. The molecule has 0 radical (unpaired) electrons. The summed E-state index contributed by atoms with van der Waals surface area (Å²) in [4.78, 5) is 0. The molecule has 4 heteroatoms. The molecule has 0 aliphatic rings. The van der Waals surface area contributed by atoms with Gasteiger partial charge in [-0.3, -0.25) is 0 Å². The van der Waals surface area contributed by atoms with E-state index in [1.165, 1.54) is 30.3 Å². The molecule has 1 atom stereocenters. The first kappa shape index (κ1) is 12.0. The van der Waals surface area contributed by atoms with Gasteiger partial charge in [0.2, 0.25) is 0 Å². The van der Waals surface area contributed by atoms with Crippen LogP contribution in [0.15, 0.2) is 42.5 Å². The van der Waals surface area contributed by atoms with Gasteiger partial charge in [-0.1, -0.05) is 35.9 Å². The van der Waals surface area contributed by atoms with Crippen molar-refractivity contribution in [2.75, 3.05) is 0 Å². The van der Waals surface area contributed by atoms with E-state index in [9.17, 15) is 13.9 Å². The van der Waals surface area contributed by atoms with Crippen LogP contribution >= 0.6 is 11.6 Å². The third-order valence-electron chi connectivity index (χ3n) is 2.46. The SMILES string of the molecule is OC(c1ccc(F)c(Cl)c1)c1ccccc1F. The van der Waals surface area contributed by atoms with Crippen LogP contribution in [0.4, 0.5) is 8.78 Å². The smallest absolute Gasteiger partial charge is 0.141 e. The fourth-order valence-electron chi connectivity index (χ4n) is 1.56. The van der Waals surface area contributed by atoms with Crippen molar-refractivity contribution in [2.24, 2.45) is 0 Å². The molecule has 1 N–H and O–H groups in total. The van der Waals surface area contributed by atoms with Crippen molar-refractivity contribution in [3.8, 4) is 0 Å². The van der Waals surface area contributed by atoms with Crippen molar-refractivity contribution in [3.05, 3.63) is 70.2 Å². The number of aliphatic hydroxyl groups excluding tert-OH is 1. The van der Waals surface area contributed by atoms with Crippen LogP contribution in [0, 0.1) is 11.6 Å². The van der Waals surface area contributed by atoms with Gasteiger partial charge < -0.3 is 5.11 Å². The van der Waals surface area contributed by atoms with Crippen LogP contribution in [-0.2, 0) is 0 Å². The second-order valence-corrected chi connectivity index (χ2v) is 4.00. The Kier molecular flexibility index (Phi) is 3.41. The number of rotatable bonds is 2. The van der Waals surface area contributed by atoms with E-state index in [-0.39, 0.29) is 10.6 Å². The lowest BCUT2D eigenvalue weighted by molar-refractivity contribution is 0.215. The largest absolute Gasteiger partial charge is 0.384 e. The normalized spacial score (nSPS) is 12.5. The van der Waals surface area contributed by atoms with Crippen LogP contribution in [0.1, 0.15) is 17.2 Å². The molecular weight excluding hydrogens is 246 g/mol. The molecule has 2 rings (SSSR count). The molecule has 0 heterocycles. The summed E-state index contributed by atoms with van der Waals surface area (Å²) in [5.74, 6) is -1.09. The van der Waals surface area contributed by atoms with Crippen molar-refractivity contribution >= 4 is 11.6 Å². The molecule has 2 aromatic rings. The minimum Gasteiger partial charge on any atom is -0.384 e. The third-order valence-corrected chi connectivity index (χ3v) is 2.75. The Morgan fingerprint density at radius 3 is 2.35 bits per heavy atom. The van der Waals surface area contributed by atoms with Gasteiger partial charge in [-0.25, -0.2) is 8.78 Å². The first-order chi connectivity index (χ1) is 8.09. The Morgan fingerprint density at radius 2 is 1.71 bits per heavy atom. The lowest BCUT2D eigenvalue weighted by atomic mass is 10.0. The molecule has 0 fully saturated rings. The Bertz CT molecular complexity index is 543. The van der Waals surface area contributed by atoms with E-state index in [0.717, 1.165) is 6.07 Å². The van der Waals surface area contributed by atoms with Gasteiger partial charge in [0, 0.05) is 5.56 Å². The average Bonchev–Trinajstić information content (AvgIpc) is 2.32. The zero-order chi connectivity index (χ0) is 12.4. The Hall–Kier alpha value is -1.45. The molecule has 2 aromatic carbocycles. The summed E-state index contributed by atoms with van der Waals surface area (Å²) in [7, 11) is 0. The average molecular weight is 255 g/mol. The summed E-state index contributed by atoms with van der Waals surface area (Å²) < 4.78 is 26.4. The predicted octanol–water partition coefficient (Wildman–Crippen LogP) is 3.70. The lowest BCUT2D eigenvalue weighted by Crippen LogP contribution is -2.02. The summed E-state index contributed by atoms with van der Waals surface area (Å²) in [5.41, 5.74) is 0.483. The van der Waals surface area contributed by atoms with E-state index in [0.29, 0.717) is 5.56 Å². The van der Waals surface area contributed by atoms with Crippen molar-refractivity contribution in [3.63, 3.8) is 0 Å². The molecule has 0 aromatic heterocycles. The minimum atomic E-state index is -1.16. The van der Waals surface area contributed by atoms with E-state index in [2.05, 4.69) is 0 Å². The highest BCUT2D eigenvalue weighted by Crippen LogP contribution is 2.27. The van der Waals surface area contributed by atoms with E-state index in [1.807, 2.05) is 0 Å². The molecule has 1 nitrogen and oxygen atoms in total. The van der Waals surface area contributed by atoms with Crippen LogP contribution in [0.25, 0.3) is 0 Å². The molecule has 0 amide bonds. The van der Waals surface area contributed by atoms with Gasteiger partial charge >= 0.3 is 0 Å². The summed E-state index contributed by atoms with van der Waals surface area (Å²) in [6.07, 6.45) is -1.16. The highest BCUT2D eigenvalue weighted by atomic mass is 35.5. The van der Waals surface area contributed by atoms with Crippen molar-refractivity contribution in [1.82, 2.24) is 0 Å². The number of halogens is 3. The number of hydrogen-bond acceptors (Lipinski definition) is 1. The van der Waals surface area contributed by atoms with Crippen molar-refractivity contribution in [1.29, 1.82) is 0 Å². The lowest BCUT2D eigenvalue weighted by Gasteiger charge is -2.12. The van der Waals surface area contributed by atoms with Gasteiger partial charge in [-0.05, 0) is 23.8 Å². The zero-order valence-electron chi connectivity index (χ0n) is 8.70. The molecule has 0 bridgehead atoms. The highest BCUT2D eigenvalue weighted by molar-refractivity contribution is 6.30. The van der Waals surface area contributed by atoms with E-state index >= 15 is 0 Å². The van der Waals surface area contributed by atoms with Gasteiger partial charge in [0.05, 0.1) is 5.02 Å². The van der Waals surface area contributed by atoms with Gasteiger partial charge in [0.15, 0.2) is 0 Å². The number of benzene rings is 2. The maximum Gasteiger partial charge on any atom is 0.141 e.